The number of rotatable bonds is 8. The van der Waals surface area contributed by atoms with Crippen LogP contribution in [-0.2, 0) is 6.15 Å². The van der Waals surface area contributed by atoms with Crippen molar-refractivity contribution >= 4 is 43.1 Å². The van der Waals surface area contributed by atoms with Crippen LogP contribution in [0.15, 0.2) is 0 Å². The molecule has 0 heterocycles. The van der Waals surface area contributed by atoms with Gasteiger partial charge < -0.3 is 0 Å². The molecule has 0 rings (SSSR count). The molecule has 14 heavy (non-hydrogen) atoms. The van der Waals surface area contributed by atoms with Crippen molar-refractivity contribution in [3.05, 3.63) is 0 Å². The molecule has 0 aliphatic heterocycles. The summed E-state index contributed by atoms with van der Waals surface area (Å²) >= 11 is -0.633. The second-order valence-electron chi connectivity index (χ2n) is 2.95. The molecular weight excluding hydrogens is 390 g/mol. The molecule has 0 saturated heterocycles. The van der Waals surface area contributed by atoms with Crippen molar-refractivity contribution in [2.24, 2.45) is 0 Å². The summed E-state index contributed by atoms with van der Waals surface area (Å²) < 4.78 is 12.5. The van der Waals surface area contributed by atoms with E-state index in [1.807, 2.05) is 0 Å². The quantitative estimate of drug-likeness (QED) is 0.450. The summed E-state index contributed by atoms with van der Waals surface area (Å²) in [6, 6.07) is 0. The second-order valence-corrected chi connectivity index (χ2v) is 10.0. The van der Waals surface area contributed by atoms with Gasteiger partial charge in [-0.1, -0.05) is 0 Å². The molecule has 0 spiro atoms. The first-order valence-corrected chi connectivity index (χ1v) is 11.7. The van der Waals surface area contributed by atoms with Crippen molar-refractivity contribution in [3.8, 4) is 0 Å². The molecule has 0 atom stereocenters. The van der Waals surface area contributed by atoms with Crippen LogP contribution in [0.3, 0.4) is 0 Å². The first kappa shape index (κ1) is 17.9. The van der Waals surface area contributed by atoms with Crippen molar-refractivity contribution in [3.63, 3.8) is 0 Å². The van der Waals surface area contributed by atoms with Gasteiger partial charge in [0, 0.05) is 0 Å². The van der Waals surface area contributed by atoms with Gasteiger partial charge in [0.25, 0.3) is 0 Å². The van der Waals surface area contributed by atoms with E-state index in [1.165, 1.54) is 25.7 Å². The zero-order chi connectivity index (χ0) is 11.1. The normalized spacial score (nSPS) is 9.43. The van der Waals surface area contributed by atoms with E-state index in [2.05, 4.69) is 20.0 Å². The molecule has 0 aliphatic rings. The van der Waals surface area contributed by atoms with Crippen LogP contribution in [0.2, 0.25) is 8.87 Å². The zero-order valence-corrected chi connectivity index (χ0v) is 15.8. The molecule has 0 N–H and O–H groups in total. The standard InChI is InChI=1S/2C4H9.2CH3O.2Sn/c2*1-3-4-2;2*1-2;;/h2*1,3-4H2,2H3;2*1H3;;/q;;2*-1;;+2. The van der Waals surface area contributed by atoms with E-state index in [0.29, 0.717) is 0 Å². The Morgan fingerprint density at radius 3 is 1.50 bits per heavy atom. The van der Waals surface area contributed by atoms with E-state index >= 15 is 0 Å². The molecule has 84 valence electrons. The molecule has 0 aromatic rings. The molecule has 0 aliphatic carbocycles. The minimum atomic E-state index is -0.782. The van der Waals surface area contributed by atoms with Gasteiger partial charge in [-0.25, -0.2) is 0 Å². The first-order valence-electron chi connectivity index (χ1n) is 5.35. The van der Waals surface area contributed by atoms with Gasteiger partial charge in [-0.2, -0.15) is 0 Å². The summed E-state index contributed by atoms with van der Waals surface area (Å²) in [5.41, 5.74) is 0. The van der Waals surface area contributed by atoms with Crippen molar-refractivity contribution in [2.45, 2.75) is 48.4 Å². The van der Waals surface area contributed by atoms with Crippen molar-refractivity contribution in [1.29, 1.82) is 0 Å². The zero-order valence-electron chi connectivity index (χ0n) is 10.1. The van der Waals surface area contributed by atoms with Crippen LogP contribution in [0, 0.1) is 0 Å². The molecule has 2 nitrogen and oxygen atoms in total. The Morgan fingerprint density at radius 1 is 0.857 bits per heavy atom. The minimum absolute atomic E-state index is 0.149. The fourth-order valence-corrected chi connectivity index (χ4v) is 5.45. The molecule has 0 saturated carbocycles. The van der Waals surface area contributed by atoms with Gasteiger partial charge in [-0.3, -0.25) is 0 Å². The predicted molar refractivity (Wildman–Crippen MR) is 65.0 cm³/mol. The fraction of sp³-hybridized carbons (Fsp3) is 1.00. The monoisotopic (exact) mass is 416 g/mol. The summed E-state index contributed by atoms with van der Waals surface area (Å²) in [7, 11) is 3.32. The van der Waals surface area contributed by atoms with Crippen LogP contribution in [0.25, 0.3) is 0 Å². The SMILES string of the molecule is CCC[CH2][Sn][CH2]CCC.C[O][Sn][O]C. The van der Waals surface area contributed by atoms with Crippen LogP contribution in [0.4, 0.5) is 0 Å². The van der Waals surface area contributed by atoms with Crippen LogP contribution < -0.4 is 0 Å². The molecule has 0 fully saturated rings. The summed E-state index contributed by atoms with van der Waals surface area (Å²) in [5, 5.41) is 0. The molecule has 4 radical (unpaired) electrons. The van der Waals surface area contributed by atoms with Crippen molar-refractivity contribution in [1.82, 2.24) is 0 Å². The predicted octanol–water partition coefficient (Wildman–Crippen LogP) is 2.94. The van der Waals surface area contributed by atoms with E-state index in [9.17, 15) is 0 Å². The third-order valence-electron chi connectivity index (χ3n) is 1.58. The van der Waals surface area contributed by atoms with Gasteiger partial charge in [0.2, 0.25) is 0 Å². The van der Waals surface area contributed by atoms with Gasteiger partial charge in [0.15, 0.2) is 0 Å². The van der Waals surface area contributed by atoms with Crippen molar-refractivity contribution < 1.29 is 6.15 Å². The summed E-state index contributed by atoms with van der Waals surface area (Å²) in [6.45, 7) is 4.58. The Labute approximate surface area is 111 Å². The third-order valence-corrected chi connectivity index (χ3v) is 6.57. The van der Waals surface area contributed by atoms with Crippen LogP contribution in [0.5, 0.6) is 0 Å². The number of unbranched alkanes of at least 4 members (excludes halogenated alkanes) is 2. The molecule has 0 bridgehead atoms. The fourth-order valence-electron chi connectivity index (χ4n) is 0.812. The topological polar surface area (TPSA) is 18.5 Å². The average Bonchev–Trinajstić information content (AvgIpc) is 2.20. The van der Waals surface area contributed by atoms with E-state index in [4.69, 9.17) is 0 Å². The van der Waals surface area contributed by atoms with Gasteiger partial charge in [-0.15, -0.1) is 0 Å². The summed E-state index contributed by atoms with van der Waals surface area (Å²) in [4.78, 5) is 0. The Hall–Kier alpha value is 1.52. The summed E-state index contributed by atoms with van der Waals surface area (Å²) in [5.74, 6) is 0. The van der Waals surface area contributed by atoms with Gasteiger partial charge >= 0.3 is 112 Å². The molecule has 0 aromatic carbocycles. The summed E-state index contributed by atoms with van der Waals surface area (Å²) in [6.07, 6.45) is 5.84. The van der Waals surface area contributed by atoms with Gasteiger partial charge in [0.05, 0.1) is 0 Å². The molecule has 0 unspecified atom stereocenters. The van der Waals surface area contributed by atoms with Crippen LogP contribution >= 0.6 is 0 Å². The molecule has 4 heteroatoms. The molecular formula is C10H24O2Sn2. The Balaban J connectivity index is 0. The van der Waals surface area contributed by atoms with E-state index in [0.717, 1.165) is 0 Å². The Kier molecular flexibility index (Phi) is 25.6. The Morgan fingerprint density at radius 2 is 1.29 bits per heavy atom. The van der Waals surface area contributed by atoms with Gasteiger partial charge in [0.1, 0.15) is 0 Å². The molecule has 0 aromatic heterocycles. The van der Waals surface area contributed by atoms with Crippen LogP contribution in [0.1, 0.15) is 39.5 Å². The third kappa shape index (κ3) is 23.4. The average molecular weight is 414 g/mol. The number of hydrogen-bond donors (Lipinski definition) is 0. The maximum atomic E-state index is 4.64. The first-order chi connectivity index (χ1) is 6.83. The van der Waals surface area contributed by atoms with E-state index in [-0.39, 0.29) is 21.1 Å². The van der Waals surface area contributed by atoms with E-state index in [1.54, 1.807) is 23.1 Å². The van der Waals surface area contributed by atoms with Crippen molar-refractivity contribution in [2.75, 3.05) is 14.2 Å². The second kappa shape index (κ2) is 20.0. The number of hydrogen-bond acceptors (Lipinski definition) is 2. The van der Waals surface area contributed by atoms with E-state index < -0.39 is 22.0 Å². The molecule has 0 amide bonds. The maximum absolute atomic E-state index is 4.64. The van der Waals surface area contributed by atoms with Gasteiger partial charge in [-0.05, 0) is 0 Å². The van der Waals surface area contributed by atoms with Crippen LogP contribution in [-0.4, -0.2) is 57.3 Å². The Bertz CT molecular complexity index is 74.5.